The van der Waals surface area contributed by atoms with Gasteiger partial charge in [0.25, 0.3) is 5.91 Å². The maximum atomic E-state index is 12.2. The minimum atomic E-state index is -0.487. The van der Waals surface area contributed by atoms with Gasteiger partial charge in [-0.25, -0.2) is 4.31 Å². The Bertz CT molecular complexity index is 793. The third-order valence-corrected chi connectivity index (χ3v) is 4.85. The number of benzene rings is 2. The van der Waals surface area contributed by atoms with E-state index in [4.69, 9.17) is 40.2 Å². The summed E-state index contributed by atoms with van der Waals surface area (Å²) in [6, 6.07) is 9.16. The number of carbonyl (C=O) groups is 1. The van der Waals surface area contributed by atoms with Crippen LogP contribution in [-0.2, 0) is 0 Å². The molecule has 2 aromatic rings. The Kier molecular flexibility index (Phi) is 3.66. The van der Waals surface area contributed by atoms with Crippen molar-refractivity contribution in [2.75, 3.05) is 0 Å². The fourth-order valence-corrected chi connectivity index (χ4v) is 3.46. The monoisotopic (exact) mass is 356 g/mol. The van der Waals surface area contributed by atoms with E-state index in [9.17, 15) is 4.79 Å². The number of hydrogen-bond acceptors (Lipinski definition) is 3. The SMILES string of the molecule is N=C1c2c(Cl)c(Cl)c(-c3ccccc3)c(Cl)c2C(=O)N1S. The van der Waals surface area contributed by atoms with Gasteiger partial charge in [0.1, 0.15) is 5.84 Å². The molecule has 106 valence electrons. The molecule has 2 aromatic carbocycles. The van der Waals surface area contributed by atoms with Gasteiger partial charge in [-0.2, -0.15) is 0 Å². The Morgan fingerprint density at radius 3 is 2.10 bits per heavy atom. The molecule has 1 aliphatic heterocycles. The zero-order valence-corrected chi connectivity index (χ0v) is 13.5. The highest BCUT2D eigenvalue weighted by atomic mass is 35.5. The fourth-order valence-electron chi connectivity index (χ4n) is 2.26. The van der Waals surface area contributed by atoms with Gasteiger partial charge in [0, 0.05) is 5.56 Å². The molecule has 0 fully saturated rings. The van der Waals surface area contributed by atoms with Crippen molar-refractivity contribution < 1.29 is 4.79 Å². The van der Waals surface area contributed by atoms with Crippen molar-refractivity contribution in [2.45, 2.75) is 0 Å². The quantitative estimate of drug-likeness (QED) is 0.551. The molecule has 0 bridgehead atoms. The molecule has 3 rings (SSSR count). The van der Waals surface area contributed by atoms with Gasteiger partial charge in [-0.3, -0.25) is 10.2 Å². The summed E-state index contributed by atoms with van der Waals surface area (Å²) in [5, 5.41) is 8.43. The Morgan fingerprint density at radius 1 is 0.905 bits per heavy atom. The highest BCUT2D eigenvalue weighted by Gasteiger charge is 2.38. The normalized spacial score (nSPS) is 13.8. The lowest BCUT2D eigenvalue weighted by Gasteiger charge is -2.12. The van der Waals surface area contributed by atoms with Gasteiger partial charge in [-0.15, -0.1) is 0 Å². The summed E-state index contributed by atoms with van der Waals surface area (Å²) in [6.07, 6.45) is 0. The Hall–Kier alpha value is -1.20. The summed E-state index contributed by atoms with van der Waals surface area (Å²) >= 11 is 22.9. The van der Waals surface area contributed by atoms with E-state index in [1.54, 1.807) is 0 Å². The van der Waals surface area contributed by atoms with Gasteiger partial charge in [-0.1, -0.05) is 77.9 Å². The summed E-state index contributed by atoms with van der Waals surface area (Å²) in [4.78, 5) is 12.2. The molecule has 0 saturated heterocycles. The van der Waals surface area contributed by atoms with E-state index in [1.165, 1.54) is 0 Å². The molecule has 1 aliphatic rings. The van der Waals surface area contributed by atoms with E-state index < -0.39 is 5.91 Å². The first-order chi connectivity index (χ1) is 9.95. The lowest BCUT2D eigenvalue weighted by molar-refractivity contribution is 0.0930. The van der Waals surface area contributed by atoms with Crippen molar-refractivity contribution in [3.05, 3.63) is 56.5 Å². The van der Waals surface area contributed by atoms with E-state index in [0.717, 1.165) is 9.87 Å². The molecule has 0 aromatic heterocycles. The number of nitrogens with one attached hydrogen (secondary N) is 1. The van der Waals surface area contributed by atoms with E-state index in [-0.39, 0.29) is 32.0 Å². The van der Waals surface area contributed by atoms with Gasteiger partial charge in [0.15, 0.2) is 0 Å². The number of hydrogen-bond donors (Lipinski definition) is 2. The van der Waals surface area contributed by atoms with E-state index >= 15 is 0 Å². The van der Waals surface area contributed by atoms with Crippen molar-refractivity contribution in [3.8, 4) is 11.1 Å². The third-order valence-electron chi connectivity index (χ3n) is 3.24. The highest BCUT2D eigenvalue weighted by Crippen LogP contribution is 2.46. The van der Waals surface area contributed by atoms with Crippen LogP contribution in [0.25, 0.3) is 11.1 Å². The average molecular weight is 358 g/mol. The van der Waals surface area contributed by atoms with Crippen LogP contribution < -0.4 is 0 Å². The van der Waals surface area contributed by atoms with Crippen molar-refractivity contribution in [2.24, 2.45) is 0 Å². The number of thiol groups is 1. The summed E-state index contributed by atoms with van der Waals surface area (Å²) < 4.78 is 0.896. The first kappa shape index (κ1) is 14.7. The largest absolute Gasteiger partial charge is 0.283 e. The third kappa shape index (κ3) is 2.06. The van der Waals surface area contributed by atoms with Crippen LogP contribution in [0.15, 0.2) is 30.3 Å². The summed E-state index contributed by atoms with van der Waals surface area (Å²) in [5.41, 5.74) is 1.60. The second kappa shape index (κ2) is 5.21. The van der Waals surface area contributed by atoms with Crippen LogP contribution in [0.1, 0.15) is 15.9 Å². The van der Waals surface area contributed by atoms with Crippen molar-refractivity contribution in [1.29, 1.82) is 5.41 Å². The topological polar surface area (TPSA) is 44.2 Å². The number of halogens is 3. The lowest BCUT2D eigenvalue weighted by atomic mass is 9.99. The predicted octanol–water partition coefficient (Wildman–Crippen LogP) is 4.94. The summed E-state index contributed by atoms with van der Waals surface area (Å²) in [7, 11) is 0. The molecule has 0 aliphatic carbocycles. The minimum Gasteiger partial charge on any atom is -0.283 e. The molecule has 0 atom stereocenters. The van der Waals surface area contributed by atoms with Gasteiger partial charge >= 0.3 is 0 Å². The van der Waals surface area contributed by atoms with E-state index in [2.05, 4.69) is 12.8 Å². The molecule has 0 spiro atoms. The number of amides is 1. The van der Waals surface area contributed by atoms with Crippen LogP contribution >= 0.6 is 47.6 Å². The van der Waals surface area contributed by atoms with Gasteiger partial charge in [-0.05, 0) is 5.56 Å². The first-order valence-electron chi connectivity index (χ1n) is 5.83. The van der Waals surface area contributed by atoms with Crippen molar-refractivity contribution >= 4 is 59.4 Å². The molecule has 0 unspecified atom stereocenters. The molecular weight excluding hydrogens is 351 g/mol. The van der Waals surface area contributed by atoms with Crippen LogP contribution in [0.5, 0.6) is 0 Å². The lowest BCUT2D eigenvalue weighted by Crippen LogP contribution is -2.18. The van der Waals surface area contributed by atoms with E-state index in [0.29, 0.717) is 5.56 Å². The number of amidine groups is 1. The van der Waals surface area contributed by atoms with Crippen LogP contribution in [0, 0.1) is 5.41 Å². The van der Waals surface area contributed by atoms with Gasteiger partial charge in [0.05, 0.1) is 26.2 Å². The molecule has 1 N–H and O–H groups in total. The average Bonchev–Trinajstić information content (AvgIpc) is 2.71. The van der Waals surface area contributed by atoms with Crippen LogP contribution in [0.2, 0.25) is 15.1 Å². The van der Waals surface area contributed by atoms with Crippen LogP contribution in [0.4, 0.5) is 0 Å². The number of rotatable bonds is 1. The Morgan fingerprint density at radius 2 is 1.48 bits per heavy atom. The number of fused-ring (bicyclic) bond motifs is 1. The zero-order valence-electron chi connectivity index (χ0n) is 10.3. The van der Waals surface area contributed by atoms with Crippen LogP contribution in [0.3, 0.4) is 0 Å². The standard InChI is InChI=1S/C14H7Cl3N2OS/c15-10-7(6-4-2-1-3-5-6)11(16)12(17)8-9(10)14(20)19(21)13(8)18/h1-5,18,21H. The van der Waals surface area contributed by atoms with Crippen molar-refractivity contribution in [1.82, 2.24) is 4.31 Å². The maximum absolute atomic E-state index is 12.2. The van der Waals surface area contributed by atoms with Crippen LogP contribution in [-0.4, -0.2) is 16.0 Å². The molecule has 7 heteroatoms. The smallest absolute Gasteiger partial charge is 0.271 e. The van der Waals surface area contributed by atoms with Crippen molar-refractivity contribution in [3.63, 3.8) is 0 Å². The molecule has 1 amide bonds. The Labute approximate surface area is 141 Å². The molecule has 0 radical (unpaired) electrons. The number of carbonyl (C=O) groups excluding carboxylic acids is 1. The zero-order chi connectivity index (χ0) is 15.3. The maximum Gasteiger partial charge on any atom is 0.271 e. The molecule has 0 saturated carbocycles. The number of nitrogens with zero attached hydrogens (tertiary/aromatic N) is 1. The first-order valence-corrected chi connectivity index (χ1v) is 7.36. The second-order valence-corrected chi connectivity index (χ2v) is 5.93. The molecular formula is C14H7Cl3N2OS. The molecule has 1 heterocycles. The molecule has 3 nitrogen and oxygen atoms in total. The Balaban J connectivity index is 2.40. The van der Waals surface area contributed by atoms with Gasteiger partial charge < -0.3 is 0 Å². The molecule has 21 heavy (non-hydrogen) atoms. The van der Waals surface area contributed by atoms with Gasteiger partial charge in [0.2, 0.25) is 0 Å². The highest BCUT2D eigenvalue weighted by molar-refractivity contribution is 7.79. The predicted molar refractivity (Wildman–Crippen MR) is 88.9 cm³/mol. The minimum absolute atomic E-state index is 0.129. The van der Waals surface area contributed by atoms with E-state index in [1.807, 2.05) is 30.3 Å². The second-order valence-electron chi connectivity index (χ2n) is 4.40. The summed E-state index contributed by atoms with van der Waals surface area (Å²) in [6.45, 7) is 0. The summed E-state index contributed by atoms with van der Waals surface area (Å²) in [5.74, 6) is -0.620. The fraction of sp³-hybridized carbons (Fsp3) is 0.